The van der Waals surface area contributed by atoms with Crippen molar-refractivity contribution in [1.29, 1.82) is 0 Å². The fraction of sp³-hybridized carbons (Fsp3) is 0.118. The van der Waals surface area contributed by atoms with Crippen LogP contribution in [0.15, 0.2) is 48.5 Å². The van der Waals surface area contributed by atoms with E-state index in [1.54, 1.807) is 42.5 Å². The van der Waals surface area contributed by atoms with E-state index in [0.717, 1.165) is 0 Å². The molecule has 0 atom stereocenters. The molecule has 106 valence electrons. The molecule has 3 nitrogen and oxygen atoms in total. The minimum Gasteiger partial charge on any atom is -0.384 e. The molecule has 0 aliphatic rings. The highest BCUT2D eigenvalue weighted by molar-refractivity contribution is 5.94. The predicted octanol–water partition coefficient (Wildman–Crippen LogP) is 2.10. The van der Waals surface area contributed by atoms with Crippen LogP contribution in [-0.4, -0.2) is 17.6 Å². The maximum absolute atomic E-state index is 13.5. The second-order valence-electron chi connectivity index (χ2n) is 4.31. The van der Waals surface area contributed by atoms with Gasteiger partial charge in [0.25, 0.3) is 5.91 Å². The molecular formula is C17H14FNO2. The number of aliphatic hydroxyl groups is 1. The van der Waals surface area contributed by atoms with Crippen molar-refractivity contribution in [2.24, 2.45) is 0 Å². The predicted molar refractivity (Wildman–Crippen MR) is 78.0 cm³/mol. The third-order valence-corrected chi connectivity index (χ3v) is 2.83. The topological polar surface area (TPSA) is 49.3 Å². The average molecular weight is 283 g/mol. The number of carbonyl (C=O) groups is 1. The molecule has 0 heterocycles. The SMILES string of the molecule is O=C(NCc1ccccc1F)c1cccc(C#CCO)c1. The van der Waals surface area contributed by atoms with Crippen molar-refractivity contribution in [1.82, 2.24) is 5.32 Å². The molecule has 0 fully saturated rings. The summed E-state index contributed by atoms with van der Waals surface area (Å²) in [6.07, 6.45) is 0. The number of amides is 1. The summed E-state index contributed by atoms with van der Waals surface area (Å²) < 4.78 is 13.5. The van der Waals surface area contributed by atoms with Gasteiger partial charge in [-0.2, -0.15) is 0 Å². The Kier molecular flexibility index (Phi) is 5.08. The first-order valence-electron chi connectivity index (χ1n) is 6.42. The first-order valence-corrected chi connectivity index (χ1v) is 6.42. The lowest BCUT2D eigenvalue weighted by Crippen LogP contribution is -2.23. The summed E-state index contributed by atoms with van der Waals surface area (Å²) in [4.78, 5) is 12.0. The minimum atomic E-state index is -0.347. The Morgan fingerprint density at radius 2 is 2.00 bits per heavy atom. The highest BCUT2D eigenvalue weighted by Crippen LogP contribution is 2.07. The zero-order valence-corrected chi connectivity index (χ0v) is 11.3. The van der Waals surface area contributed by atoms with Crippen LogP contribution in [0.4, 0.5) is 4.39 Å². The summed E-state index contributed by atoms with van der Waals surface area (Å²) >= 11 is 0. The number of halogens is 1. The average Bonchev–Trinajstić information content (AvgIpc) is 2.52. The third kappa shape index (κ3) is 4.16. The van der Waals surface area contributed by atoms with E-state index in [1.807, 2.05) is 0 Å². The largest absolute Gasteiger partial charge is 0.384 e. The van der Waals surface area contributed by atoms with E-state index in [1.165, 1.54) is 6.07 Å². The fourth-order valence-corrected chi connectivity index (χ4v) is 1.80. The van der Waals surface area contributed by atoms with Crippen LogP contribution in [0, 0.1) is 17.7 Å². The number of hydrogen-bond acceptors (Lipinski definition) is 2. The quantitative estimate of drug-likeness (QED) is 0.848. The van der Waals surface area contributed by atoms with Gasteiger partial charge in [0.1, 0.15) is 12.4 Å². The Labute approximate surface area is 122 Å². The van der Waals surface area contributed by atoms with E-state index in [9.17, 15) is 9.18 Å². The summed E-state index contributed by atoms with van der Waals surface area (Å²) in [5, 5.41) is 11.3. The number of aliphatic hydroxyl groups excluding tert-OH is 1. The second kappa shape index (κ2) is 7.22. The molecule has 2 N–H and O–H groups in total. The first kappa shape index (κ1) is 14.8. The van der Waals surface area contributed by atoms with E-state index >= 15 is 0 Å². The van der Waals surface area contributed by atoms with Crippen LogP contribution in [0.1, 0.15) is 21.5 Å². The minimum absolute atomic E-state index is 0.123. The van der Waals surface area contributed by atoms with Gasteiger partial charge in [-0.05, 0) is 24.3 Å². The summed E-state index contributed by atoms with van der Waals surface area (Å²) in [5.41, 5.74) is 1.51. The molecule has 0 aromatic heterocycles. The lowest BCUT2D eigenvalue weighted by molar-refractivity contribution is 0.0950. The molecule has 0 saturated carbocycles. The number of carbonyl (C=O) groups excluding carboxylic acids is 1. The van der Waals surface area contributed by atoms with Crippen molar-refractivity contribution in [3.8, 4) is 11.8 Å². The number of hydrogen-bond donors (Lipinski definition) is 2. The number of benzene rings is 2. The Bertz CT molecular complexity index is 701. The smallest absolute Gasteiger partial charge is 0.251 e. The van der Waals surface area contributed by atoms with Crippen LogP contribution >= 0.6 is 0 Å². The van der Waals surface area contributed by atoms with Gasteiger partial charge >= 0.3 is 0 Å². The van der Waals surface area contributed by atoms with Crippen LogP contribution < -0.4 is 5.32 Å². The Hall–Kier alpha value is -2.64. The molecule has 0 aliphatic heterocycles. The monoisotopic (exact) mass is 283 g/mol. The van der Waals surface area contributed by atoms with Crippen LogP contribution in [0.25, 0.3) is 0 Å². The summed E-state index contributed by atoms with van der Waals surface area (Å²) in [7, 11) is 0. The van der Waals surface area contributed by atoms with E-state index in [2.05, 4.69) is 17.2 Å². The lowest BCUT2D eigenvalue weighted by Gasteiger charge is -2.06. The maximum Gasteiger partial charge on any atom is 0.251 e. The molecular weight excluding hydrogens is 269 g/mol. The normalized spacial score (nSPS) is 9.62. The highest BCUT2D eigenvalue weighted by atomic mass is 19.1. The van der Waals surface area contributed by atoms with Crippen LogP contribution in [0.3, 0.4) is 0 Å². The van der Waals surface area contributed by atoms with Gasteiger partial charge in [0.05, 0.1) is 0 Å². The summed E-state index contributed by atoms with van der Waals surface area (Å²) in [6.45, 7) is -0.109. The van der Waals surface area contributed by atoms with E-state index < -0.39 is 0 Å². The highest BCUT2D eigenvalue weighted by Gasteiger charge is 2.07. The van der Waals surface area contributed by atoms with Crippen LogP contribution in [0.2, 0.25) is 0 Å². The summed E-state index contributed by atoms with van der Waals surface area (Å²) in [6, 6.07) is 13.0. The molecule has 2 rings (SSSR count). The molecule has 0 spiro atoms. The first-order chi connectivity index (χ1) is 10.2. The van der Waals surface area contributed by atoms with Gasteiger partial charge in [0.2, 0.25) is 0 Å². The Balaban J connectivity index is 2.05. The molecule has 0 saturated heterocycles. The number of nitrogens with one attached hydrogen (secondary N) is 1. The van der Waals surface area contributed by atoms with Crippen molar-refractivity contribution in [3.05, 3.63) is 71.0 Å². The number of rotatable bonds is 3. The van der Waals surface area contributed by atoms with E-state index in [4.69, 9.17) is 5.11 Å². The molecule has 0 unspecified atom stereocenters. The molecule has 0 radical (unpaired) electrons. The standard InChI is InChI=1S/C17H14FNO2/c18-16-9-2-1-7-15(16)12-19-17(21)14-8-3-5-13(11-14)6-4-10-20/h1-3,5,7-9,11,20H,10,12H2,(H,19,21). The fourth-order valence-electron chi connectivity index (χ4n) is 1.80. The van der Waals surface area contributed by atoms with Crippen LogP contribution in [-0.2, 0) is 6.54 Å². The lowest BCUT2D eigenvalue weighted by atomic mass is 10.1. The van der Waals surface area contributed by atoms with Crippen molar-refractivity contribution >= 4 is 5.91 Å². The van der Waals surface area contributed by atoms with Crippen molar-refractivity contribution in [2.45, 2.75) is 6.54 Å². The second-order valence-corrected chi connectivity index (χ2v) is 4.31. The Morgan fingerprint density at radius 1 is 1.19 bits per heavy atom. The molecule has 1 amide bonds. The van der Waals surface area contributed by atoms with E-state index in [0.29, 0.717) is 16.7 Å². The van der Waals surface area contributed by atoms with Gasteiger partial charge in [0.15, 0.2) is 0 Å². The molecule has 21 heavy (non-hydrogen) atoms. The van der Waals surface area contributed by atoms with Crippen molar-refractivity contribution in [2.75, 3.05) is 6.61 Å². The Morgan fingerprint density at radius 3 is 2.76 bits per heavy atom. The molecule has 2 aromatic rings. The molecule has 4 heteroatoms. The maximum atomic E-state index is 13.5. The summed E-state index contributed by atoms with van der Waals surface area (Å²) in [5.74, 6) is 4.61. The molecule has 0 aliphatic carbocycles. The van der Waals surface area contributed by atoms with Gasteiger partial charge in [-0.3, -0.25) is 4.79 Å². The van der Waals surface area contributed by atoms with Crippen LogP contribution in [0.5, 0.6) is 0 Å². The van der Waals surface area contributed by atoms with Gasteiger partial charge in [-0.15, -0.1) is 0 Å². The van der Waals surface area contributed by atoms with Gasteiger partial charge < -0.3 is 10.4 Å². The molecule has 2 aromatic carbocycles. The van der Waals surface area contributed by atoms with Crippen molar-refractivity contribution < 1.29 is 14.3 Å². The zero-order chi connectivity index (χ0) is 15.1. The van der Waals surface area contributed by atoms with Gasteiger partial charge in [0, 0.05) is 23.2 Å². The van der Waals surface area contributed by atoms with E-state index in [-0.39, 0.29) is 24.9 Å². The van der Waals surface area contributed by atoms with Crippen molar-refractivity contribution in [3.63, 3.8) is 0 Å². The van der Waals surface area contributed by atoms with Gasteiger partial charge in [-0.1, -0.05) is 36.1 Å². The zero-order valence-electron chi connectivity index (χ0n) is 11.3. The van der Waals surface area contributed by atoms with Gasteiger partial charge in [-0.25, -0.2) is 4.39 Å². The third-order valence-electron chi connectivity index (χ3n) is 2.83. The molecule has 0 bridgehead atoms.